The zero-order chi connectivity index (χ0) is 12.3. The van der Waals surface area contributed by atoms with Crippen molar-refractivity contribution in [3.8, 4) is 5.75 Å². The largest absolute Gasteiger partial charge is 0.488 e. The van der Waals surface area contributed by atoms with Gasteiger partial charge < -0.3 is 14.6 Å². The Morgan fingerprint density at radius 1 is 1.53 bits per heavy atom. The molecule has 0 saturated carbocycles. The molecule has 0 amide bonds. The third-order valence-electron chi connectivity index (χ3n) is 2.83. The summed E-state index contributed by atoms with van der Waals surface area (Å²) in [6.07, 6.45) is 1.61. The third-order valence-corrected chi connectivity index (χ3v) is 3.33. The van der Waals surface area contributed by atoms with Crippen LogP contribution in [0, 0.1) is 0 Å². The molecule has 0 spiro atoms. The molecule has 1 fully saturated rings. The summed E-state index contributed by atoms with van der Waals surface area (Å²) in [5.41, 5.74) is 0.810. The number of rotatable bonds is 3. The molecule has 0 bridgehead atoms. The molecule has 1 aromatic rings. The zero-order valence-corrected chi connectivity index (χ0v) is 11.4. The second-order valence-electron chi connectivity index (χ2n) is 4.32. The highest BCUT2D eigenvalue weighted by Gasteiger charge is 2.18. The number of benzene rings is 1. The molecule has 1 aromatic carbocycles. The molecule has 0 aromatic heterocycles. The van der Waals surface area contributed by atoms with Gasteiger partial charge in [0, 0.05) is 16.6 Å². The lowest BCUT2D eigenvalue weighted by atomic mass is 10.1. The molecule has 1 heterocycles. The van der Waals surface area contributed by atoms with E-state index in [4.69, 9.17) is 9.47 Å². The standard InChI is InChI=1S/C13H17BrO3/c1-9(15)12-7-10(14)4-5-13(12)17-11-3-2-6-16-8-11/h4-5,7,9,11,15H,2-3,6,8H2,1H3/t9-,11?/m0/s1. The van der Waals surface area contributed by atoms with Gasteiger partial charge in [-0.2, -0.15) is 0 Å². The Kier molecular flexibility index (Phi) is 4.42. The molecule has 0 radical (unpaired) electrons. The Morgan fingerprint density at radius 2 is 2.35 bits per heavy atom. The van der Waals surface area contributed by atoms with Crippen molar-refractivity contribution in [2.24, 2.45) is 0 Å². The molecule has 1 aliphatic rings. The van der Waals surface area contributed by atoms with Crippen LogP contribution >= 0.6 is 15.9 Å². The van der Waals surface area contributed by atoms with E-state index in [-0.39, 0.29) is 6.10 Å². The maximum Gasteiger partial charge on any atom is 0.125 e. The van der Waals surface area contributed by atoms with E-state index >= 15 is 0 Å². The Balaban J connectivity index is 2.13. The lowest BCUT2D eigenvalue weighted by Crippen LogP contribution is -2.28. The lowest BCUT2D eigenvalue weighted by Gasteiger charge is -2.25. The van der Waals surface area contributed by atoms with Crippen LogP contribution in [0.15, 0.2) is 22.7 Å². The highest BCUT2D eigenvalue weighted by Crippen LogP contribution is 2.30. The van der Waals surface area contributed by atoms with E-state index in [1.165, 1.54) is 0 Å². The lowest BCUT2D eigenvalue weighted by molar-refractivity contribution is 0.00613. The van der Waals surface area contributed by atoms with E-state index < -0.39 is 6.10 Å². The first-order valence-electron chi connectivity index (χ1n) is 5.88. The summed E-state index contributed by atoms with van der Waals surface area (Å²) in [6, 6.07) is 5.70. The molecule has 2 rings (SSSR count). The fraction of sp³-hybridized carbons (Fsp3) is 0.538. The van der Waals surface area contributed by atoms with Crippen molar-refractivity contribution in [1.29, 1.82) is 0 Å². The van der Waals surface area contributed by atoms with E-state index in [0.29, 0.717) is 6.61 Å². The van der Waals surface area contributed by atoms with Crippen molar-refractivity contribution >= 4 is 15.9 Å². The molecule has 3 nitrogen and oxygen atoms in total. The van der Waals surface area contributed by atoms with Gasteiger partial charge in [-0.1, -0.05) is 15.9 Å². The van der Waals surface area contributed by atoms with Gasteiger partial charge in [-0.15, -0.1) is 0 Å². The van der Waals surface area contributed by atoms with Crippen LogP contribution < -0.4 is 4.74 Å². The van der Waals surface area contributed by atoms with Crippen molar-refractivity contribution in [2.45, 2.75) is 32.0 Å². The summed E-state index contributed by atoms with van der Waals surface area (Å²) in [4.78, 5) is 0. The van der Waals surface area contributed by atoms with Crippen LogP contribution in [0.1, 0.15) is 31.4 Å². The quantitative estimate of drug-likeness (QED) is 0.932. The van der Waals surface area contributed by atoms with Gasteiger partial charge in [-0.3, -0.25) is 0 Å². The van der Waals surface area contributed by atoms with Crippen molar-refractivity contribution in [1.82, 2.24) is 0 Å². The Morgan fingerprint density at radius 3 is 3.00 bits per heavy atom. The van der Waals surface area contributed by atoms with E-state index in [0.717, 1.165) is 35.2 Å². The van der Waals surface area contributed by atoms with Crippen LogP contribution in [-0.4, -0.2) is 24.4 Å². The van der Waals surface area contributed by atoms with Gasteiger partial charge >= 0.3 is 0 Å². The minimum atomic E-state index is -0.535. The summed E-state index contributed by atoms with van der Waals surface area (Å²) in [6.45, 7) is 3.20. The second-order valence-corrected chi connectivity index (χ2v) is 5.23. The predicted octanol–water partition coefficient (Wildman–Crippen LogP) is 3.06. The normalized spacial score (nSPS) is 22.2. The SMILES string of the molecule is C[C@H](O)c1cc(Br)ccc1OC1CCCOC1. The Bertz CT molecular complexity index is 373. The first-order valence-corrected chi connectivity index (χ1v) is 6.68. The van der Waals surface area contributed by atoms with Crippen LogP contribution in [0.4, 0.5) is 0 Å². The maximum atomic E-state index is 9.73. The smallest absolute Gasteiger partial charge is 0.125 e. The first-order chi connectivity index (χ1) is 8.16. The average molecular weight is 301 g/mol. The number of hydrogen-bond acceptors (Lipinski definition) is 3. The van der Waals surface area contributed by atoms with Crippen LogP contribution in [0.5, 0.6) is 5.75 Å². The molecular weight excluding hydrogens is 284 g/mol. The van der Waals surface area contributed by atoms with Crippen LogP contribution in [0.2, 0.25) is 0 Å². The maximum absolute atomic E-state index is 9.73. The first kappa shape index (κ1) is 12.9. The van der Waals surface area contributed by atoms with Gasteiger partial charge in [0.1, 0.15) is 11.9 Å². The average Bonchev–Trinajstić information content (AvgIpc) is 2.32. The van der Waals surface area contributed by atoms with E-state index in [1.54, 1.807) is 6.92 Å². The molecule has 1 saturated heterocycles. The summed E-state index contributed by atoms with van der Waals surface area (Å²) >= 11 is 3.40. The highest BCUT2D eigenvalue weighted by molar-refractivity contribution is 9.10. The van der Waals surface area contributed by atoms with Crippen molar-refractivity contribution in [3.63, 3.8) is 0 Å². The predicted molar refractivity (Wildman–Crippen MR) is 69.2 cm³/mol. The zero-order valence-electron chi connectivity index (χ0n) is 9.86. The molecule has 1 N–H and O–H groups in total. The molecule has 2 atom stereocenters. The fourth-order valence-corrected chi connectivity index (χ4v) is 2.32. The van der Waals surface area contributed by atoms with Gasteiger partial charge in [0.05, 0.1) is 12.7 Å². The van der Waals surface area contributed by atoms with Gasteiger partial charge in [0.2, 0.25) is 0 Å². The van der Waals surface area contributed by atoms with Gasteiger partial charge in [0.15, 0.2) is 0 Å². The third kappa shape index (κ3) is 3.44. The van der Waals surface area contributed by atoms with Gasteiger partial charge in [-0.25, -0.2) is 0 Å². The Labute approximate surface area is 110 Å². The second kappa shape index (κ2) is 5.85. The highest BCUT2D eigenvalue weighted by atomic mass is 79.9. The molecule has 17 heavy (non-hydrogen) atoms. The van der Waals surface area contributed by atoms with Gasteiger partial charge in [-0.05, 0) is 38.0 Å². The fourth-order valence-electron chi connectivity index (χ4n) is 1.94. The summed E-state index contributed by atoms with van der Waals surface area (Å²) < 4.78 is 12.2. The number of ether oxygens (including phenoxy) is 2. The summed E-state index contributed by atoms with van der Waals surface area (Å²) in [5, 5.41) is 9.73. The molecule has 1 aliphatic heterocycles. The topological polar surface area (TPSA) is 38.7 Å². The minimum absolute atomic E-state index is 0.0995. The summed E-state index contributed by atoms with van der Waals surface area (Å²) in [7, 11) is 0. The van der Waals surface area contributed by atoms with Crippen molar-refractivity contribution in [3.05, 3.63) is 28.2 Å². The Hall–Kier alpha value is -0.580. The van der Waals surface area contributed by atoms with Crippen molar-refractivity contribution < 1.29 is 14.6 Å². The molecule has 94 valence electrons. The number of aliphatic hydroxyl groups is 1. The number of aliphatic hydroxyl groups excluding tert-OH is 1. The summed E-state index contributed by atoms with van der Waals surface area (Å²) in [5.74, 6) is 0.749. The van der Waals surface area contributed by atoms with Crippen LogP contribution in [0.25, 0.3) is 0 Å². The number of halogens is 1. The monoisotopic (exact) mass is 300 g/mol. The van der Waals surface area contributed by atoms with Gasteiger partial charge in [0.25, 0.3) is 0 Å². The molecular formula is C13H17BrO3. The van der Waals surface area contributed by atoms with E-state index in [9.17, 15) is 5.11 Å². The minimum Gasteiger partial charge on any atom is -0.488 e. The molecule has 0 aliphatic carbocycles. The van der Waals surface area contributed by atoms with E-state index in [2.05, 4.69) is 15.9 Å². The van der Waals surface area contributed by atoms with Crippen LogP contribution in [-0.2, 0) is 4.74 Å². The van der Waals surface area contributed by atoms with Crippen LogP contribution in [0.3, 0.4) is 0 Å². The molecule has 4 heteroatoms. The molecule has 1 unspecified atom stereocenters. The van der Waals surface area contributed by atoms with E-state index in [1.807, 2.05) is 18.2 Å². The van der Waals surface area contributed by atoms with Crippen molar-refractivity contribution in [2.75, 3.05) is 13.2 Å². The number of hydrogen-bond donors (Lipinski definition) is 1.